The molecule has 3 atom stereocenters. The van der Waals surface area contributed by atoms with Gasteiger partial charge in [-0.25, -0.2) is 0 Å². The molecule has 2 aromatic carbocycles. The quantitative estimate of drug-likeness (QED) is 0.0627. The maximum absolute atomic E-state index is 13.9. The molecule has 44 heavy (non-hydrogen) atoms. The number of carbonyl (C=O) groups is 2. The van der Waals surface area contributed by atoms with Gasteiger partial charge >= 0.3 is 0 Å². The van der Waals surface area contributed by atoms with Crippen LogP contribution in [-0.2, 0) is 22.4 Å². The summed E-state index contributed by atoms with van der Waals surface area (Å²) < 4.78 is 5.60. The van der Waals surface area contributed by atoms with E-state index in [2.05, 4.69) is 26.1 Å². The van der Waals surface area contributed by atoms with Gasteiger partial charge in [-0.1, -0.05) is 35.5 Å². The molecule has 0 unspecified atom stereocenters. The van der Waals surface area contributed by atoms with Crippen LogP contribution in [0.25, 0.3) is 0 Å². The van der Waals surface area contributed by atoms with E-state index in [0.717, 1.165) is 28.7 Å². The lowest BCUT2D eigenvalue weighted by Crippen LogP contribution is -2.53. The summed E-state index contributed by atoms with van der Waals surface area (Å²) in [4.78, 5) is 31.6. The molecule has 0 aliphatic carbocycles. The lowest BCUT2D eigenvalue weighted by molar-refractivity contribution is -0.130. The summed E-state index contributed by atoms with van der Waals surface area (Å²) in [6, 6.07) is 10.5. The fourth-order valence-electron chi connectivity index (χ4n) is 4.94. The molecule has 1 heterocycles. The zero-order chi connectivity index (χ0) is 32.1. The van der Waals surface area contributed by atoms with Crippen LogP contribution in [0.15, 0.2) is 47.0 Å². The highest BCUT2D eigenvalue weighted by Crippen LogP contribution is 2.23. The molecule has 1 aromatic heterocycles. The number of aromatic nitrogens is 2. The first-order chi connectivity index (χ1) is 21.1. The highest BCUT2D eigenvalue weighted by molar-refractivity contribution is 5.90. The number of aryl methyl sites for hydroxylation is 2. The lowest BCUT2D eigenvalue weighted by atomic mass is 9.95. The first-order valence-corrected chi connectivity index (χ1v) is 14.9. The predicted octanol–water partition coefficient (Wildman–Crippen LogP) is 1.59. The third kappa shape index (κ3) is 10.7. The van der Waals surface area contributed by atoms with Crippen molar-refractivity contribution in [2.75, 3.05) is 13.1 Å². The summed E-state index contributed by atoms with van der Waals surface area (Å²) in [5.41, 5.74) is 20.6. The fraction of sp³-hybridized carbons (Fsp3) is 0.452. The number of nitrogens with zero attached hydrogens (tertiary/aromatic N) is 2. The Balaban J connectivity index is 1.81. The molecule has 3 rings (SSSR count). The number of guanidine groups is 1. The van der Waals surface area contributed by atoms with Gasteiger partial charge in [-0.2, -0.15) is 4.98 Å². The Morgan fingerprint density at radius 3 is 2.39 bits per heavy atom. The molecule has 0 aliphatic heterocycles. The van der Waals surface area contributed by atoms with Crippen LogP contribution in [0.3, 0.4) is 0 Å². The van der Waals surface area contributed by atoms with E-state index in [1.54, 1.807) is 12.1 Å². The van der Waals surface area contributed by atoms with Crippen molar-refractivity contribution in [3.63, 3.8) is 0 Å². The zero-order valence-electron chi connectivity index (χ0n) is 25.4. The van der Waals surface area contributed by atoms with Gasteiger partial charge in [0.25, 0.3) is 0 Å². The van der Waals surface area contributed by atoms with Crippen LogP contribution in [0.5, 0.6) is 5.75 Å². The summed E-state index contributed by atoms with van der Waals surface area (Å²) in [6.07, 6.45) is 3.45. The van der Waals surface area contributed by atoms with Crippen LogP contribution in [-0.4, -0.2) is 58.2 Å². The number of hydrogen-bond donors (Lipinski definition) is 8. The van der Waals surface area contributed by atoms with Crippen molar-refractivity contribution >= 4 is 17.8 Å². The normalized spacial score (nSPS) is 13.1. The number of nitrogens with two attached hydrogens (primary N) is 3. The van der Waals surface area contributed by atoms with Crippen molar-refractivity contribution in [3.05, 3.63) is 76.4 Å². The van der Waals surface area contributed by atoms with Gasteiger partial charge in [-0.05, 0) is 86.9 Å². The smallest absolute Gasteiger partial charge is 0.249 e. The van der Waals surface area contributed by atoms with Gasteiger partial charge in [0, 0.05) is 19.4 Å². The molecule has 11 N–H and O–H groups in total. The molecule has 0 bridgehead atoms. The number of rotatable bonds is 17. The molecule has 2 amide bonds. The molecule has 0 fully saturated rings. The van der Waals surface area contributed by atoms with Gasteiger partial charge in [0.1, 0.15) is 17.8 Å². The fourth-order valence-corrected chi connectivity index (χ4v) is 4.94. The van der Waals surface area contributed by atoms with Crippen LogP contribution >= 0.6 is 0 Å². The van der Waals surface area contributed by atoms with Crippen molar-refractivity contribution in [2.45, 2.75) is 76.9 Å². The van der Waals surface area contributed by atoms with Gasteiger partial charge in [0.15, 0.2) is 11.8 Å². The van der Waals surface area contributed by atoms with Crippen LogP contribution in [0.2, 0.25) is 0 Å². The average Bonchev–Trinajstić information content (AvgIpc) is 3.44. The van der Waals surface area contributed by atoms with Crippen molar-refractivity contribution in [1.82, 2.24) is 26.1 Å². The van der Waals surface area contributed by atoms with E-state index in [-0.39, 0.29) is 24.0 Å². The summed E-state index contributed by atoms with van der Waals surface area (Å²) in [6.45, 7) is 4.58. The Kier molecular flexibility index (Phi) is 13.1. The Morgan fingerprint density at radius 1 is 1.02 bits per heavy atom. The second kappa shape index (κ2) is 17.0. The number of amides is 2. The Bertz CT molecular complexity index is 1360. The molecule has 0 spiro atoms. The van der Waals surface area contributed by atoms with Gasteiger partial charge in [0.2, 0.25) is 17.7 Å². The summed E-state index contributed by atoms with van der Waals surface area (Å²) in [5.74, 6) is -0.180. The molecule has 0 saturated carbocycles. The molecule has 13 nitrogen and oxygen atoms in total. The number of phenolic OH excluding ortho intramolecular Hbond substituents is 1. The number of carbonyl (C=O) groups excluding carboxylic acids is 2. The minimum absolute atomic E-state index is 0.123. The van der Waals surface area contributed by atoms with Crippen molar-refractivity contribution in [3.8, 4) is 5.75 Å². The second-order valence-corrected chi connectivity index (χ2v) is 11.0. The molecule has 0 aliphatic rings. The minimum atomic E-state index is -0.977. The maximum atomic E-state index is 13.9. The average molecular weight is 608 g/mol. The Morgan fingerprint density at radius 2 is 1.73 bits per heavy atom. The molecule has 13 heteroatoms. The van der Waals surface area contributed by atoms with E-state index in [9.17, 15) is 14.7 Å². The third-order valence-corrected chi connectivity index (χ3v) is 7.32. The lowest BCUT2D eigenvalue weighted by Gasteiger charge is -2.24. The predicted molar refractivity (Wildman–Crippen MR) is 168 cm³/mol. The second-order valence-electron chi connectivity index (χ2n) is 11.0. The minimum Gasteiger partial charge on any atom is -0.508 e. The topological polar surface area (TPSA) is 231 Å². The highest BCUT2D eigenvalue weighted by Gasteiger charge is 2.29. The van der Waals surface area contributed by atoms with Crippen molar-refractivity contribution in [2.24, 2.45) is 17.2 Å². The summed E-state index contributed by atoms with van der Waals surface area (Å²) >= 11 is 0. The number of aromatic hydroxyl groups is 1. The molecule has 0 saturated heterocycles. The van der Waals surface area contributed by atoms with Crippen molar-refractivity contribution < 1.29 is 19.2 Å². The maximum Gasteiger partial charge on any atom is 0.249 e. The van der Waals surface area contributed by atoms with Gasteiger partial charge in [0.05, 0.1) is 6.04 Å². The van der Waals surface area contributed by atoms with E-state index >= 15 is 0 Å². The molecule has 0 radical (unpaired) electrons. The molecular formula is C31H45N9O4. The standard InChI is InChI=1S/C31H45N9O4/c1-19-15-22(41)16-20(2)23(19)18-26(38-28(42)24(33)11-8-14-36-31(34)35)29(43)37-25(12-6-7-13-32)30-39-27(40-44-30)17-21-9-4-3-5-10-21/h3-5,9-10,15-16,24-26,41H,6-8,11-14,17-18,32-33H2,1-2H3,(H,37,43)(H,38,42)(H4,34,35,36)/t24-,25-,26+/m1/s1. The van der Waals surface area contributed by atoms with Gasteiger partial charge in [-0.15, -0.1) is 0 Å². The van der Waals surface area contributed by atoms with E-state index in [1.807, 2.05) is 44.2 Å². The monoisotopic (exact) mass is 607 g/mol. The van der Waals surface area contributed by atoms with E-state index in [1.165, 1.54) is 0 Å². The number of phenols is 1. The largest absolute Gasteiger partial charge is 0.508 e. The summed E-state index contributed by atoms with van der Waals surface area (Å²) in [5, 5.41) is 30.0. The van der Waals surface area contributed by atoms with Crippen molar-refractivity contribution in [1.29, 1.82) is 5.41 Å². The first kappa shape index (κ1) is 34.0. The Hall–Kier alpha value is -4.49. The highest BCUT2D eigenvalue weighted by atomic mass is 16.5. The van der Waals surface area contributed by atoms with E-state index < -0.39 is 29.9 Å². The molecule has 238 valence electrons. The molecule has 3 aromatic rings. The number of hydrogen-bond acceptors (Lipinski definition) is 9. The summed E-state index contributed by atoms with van der Waals surface area (Å²) in [7, 11) is 0. The number of unbranched alkanes of at least 4 members (excludes halogenated alkanes) is 1. The van der Waals surface area contributed by atoms with Gasteiger partial charge in [-0.3, -0.25) is 15.0 Å². The SMILES string of the molecule is Cc1cc(O)cc(C)c1C[C@H](NC(=O)[C@H](N)CCCNC(=N)N)C(=O)N[C@H](CCCCN)c1nc(Cc2ccccc2)no1. The van der Waals surface area contributed by atoms with Crippen LogP contribution in [0, 0.1) is 19.3 Å². The Labute approximate surface area is 257 Å². The van der Waals surface area contributed by atoms with Crippen LogP contribution in [0.4, 0.5) is 0 Å². The third-order valence-electron chi connectivity index (χ3n) is 7.32. The van der Waals surface area contributed by atoms with Gasteiger partial charge < -0.3 is 42.8 Å². The molecular weight excluding hydrogens is 562 g/mol. The number of nitrogens with one attached hydrogen (secondary N) is 4. The zero-order valence-corrected chi connectivity index (χ0v) is 25.4. The van der Waals surface area contributed by atoms with Crippen LogP contribution in [0.1, 0.15) is 72.1 Å². The number of benzene rings is 2. The van der Waals surface area contributed by atoms with Crippen LogP contribution < -0.4 is 33.2 Å². The van der Waals surface area contributed by atoms with E-state index in [0.29, 0.717) is 51.0 Å². The van der Waals surface area contributed by atoms with E-state index in [4.69, 9.17) is 27.1 Å². The first-order valence-electron chi connectivity index (χ1n) is 14.9.